The van der Waals surface area contributed by atoms with Gasteiger partial charge in [0.25, 0.3) is 11.8 Å². The van der Waals surface area contributed by atoms with E-state index in [2.05, 4.69) is 15.7 Å². The van der Waals surface area contributed by atoms with E-state index in [1.165, 1.54) is 5.01 Å². The Hall–Kier alpha value is -4.46. The molecule has 1 heterocycles. The van der Waals surface area contributed by atoms with Crippen molar-refractivity contribution >= 4 is 34.8 Å². The van der Waals surface area contributed by atoms with Gasteiger partial charge in [-0.25, -0.2) is 5.01 Å². The normalized spacial score (nSPS) is 13.1. The highest BCUT2D eigenvalue weighted by Gasteiger charge is 2.24. The lowest BCUT2D eigenvalue weighted by Gasteiger charge is -2.23. The van der Waals surface area contributed by atoms with Crippen LogP contribution in [0.2, 0.25) is 0 Å². The van der Waals surface area contributed by atoms with Crippen LogP contribution < -0.4 is 15.4 Å². The molecule has 34 heavy (non-hydrogen) atoms. The Bertz CT molecular complexity index is 1200. The van der Waals surface area contributed by atoms with Gasteiger partial charge in [0.2, 0.25) is 5.91 Å². The molecule has 3 amide bonds. The van der Waals surface area contributed by atoms with Crippen LogP contribution in [0.15, 0.2) is 90.0 Å². The van der Waals surface area contributed by atoms with E-state index >= 15 is 0 Å². The van der Waals surface area contributed by atoms with Crippen LogP contribution in [0.1, 0.15) is 18.4 Å². The van der Waals surface area contributed by atoms with Crippen molar-refractivity contribution in [2.75, 3.05) is 17.2 Å². The minimum atomic E-state index is -0.385. The molecule has 3 aromatic carbocycles. The summed E-state index contributed by atoms with van der Waals surface area (Å²) in [5.74, 6) is -0.359. The van der Waals surface area contributed by atoms with Gasteiger partial charge in [0, 0.05) is 30.3 Å². The average molecular weight is 457 g/mol. The molecular formula is C26H24N4O4. The van der Waals surface area contributed by atoms with Gasteiger partial charge in [-0.05, 0) is 29.8 Å². The quantitative estimate of drug-likeness (QED) is 0.538. The topological polar surface area (TPSA) is 100 Å². The number of nitrogens with zero attached hydrogens (tertiary/aromatic N) is 2. The van der Waals surface area contributed by atoms with Gasteiger partial charge in [0.05, 0.1) is 6.54 Å². The second kappa shape index (κ2) is 10.9. The maximum absolute atomic E-state index is 12.8. The third-order valence-corrected chi connectivity index (χ3v) is 5.06. The van der Waals surface area contributed by atoms with Gasteiger partial charge in [-0.15, -0.1) is 0 Å². The van der Waals surface area contributed by atoms with E-state index < -0.39 is 0 Å². The van der Waals surface area contributed by atoms with Crippen molar-refractivity contribution in [2.24, 2.45) is 5.10 Å². The number of nitrogens with one attached hydrogen (secondary N) is 2. The fourth-order valence-corrected chi connectivity index (χ4v) is 3.38. The number of hydrogen-bond donors (Lipinski definition) is 2. The van der Waals surface area contributed by atoms with Crippen molar-refractivity contribution in [3.63, 3.8) is 0 Å². The van der Waals surface area contributed by atoms with E-state index in [4.69, 9.17) is 4.74 Å². The van der Waals surface area contributed by atoms with E-state index in [0.29, 0.717) is 23.7 Å². The lowest BCUT2D eigenvalue weighted by molar-refractivity contribution is -0.132. The molecule has 0 bridgehead atoms. The number of para-hydroxylation sites is 1. The number of rotatable bonds is 8. The van der Waals surface area contributed by atoms with Gasteiger partial charge in [0.15, 0.2) is 6.61 Å². The maximum Gasteiger partial charge on any atom is 0.271 e. The molecule has 8 nitrogen and oxygen atoms in total. The van der Waals surface area contributed by atoms with Crippen molar-refractivity contribution in [3.8, 4) is 5.75 Å². The van der Waals surface area contributed by atoms with Crippen LogP contribution in [0.3, 0.4) is 0 Å². The highest BCUT2D eigenvalue weighted by Crippen LogP contribution is 2.19. The fourth-order valence-electron chi connectivity index (χ4n) is 3.38. The molecule has 0 fully saturated rings. The SMILES string of the molecule is O=C(COc1cccc(NC(=O)C2=NN(Cc3ccccc3)C(=O)CC2)c1)Nc1ccccc1. The molecule has 0 saturated heterocycles. The van der Waals surface area contributed by atoms with E-state index in [0.717, 1.165) is 5.56 Å². The Kier molecular flexibility index (Phi) is 7.29. The largest absolute Gasteiger partial charge is 0.484 e. The fraction of sp³-hybridized carbons (Fsp3) is 0.154. The number of carbonyl (C=O) groups excluding carboxylic acids is 3. The molecule has 8 heteroatoms. The van der Waals surface area contributed by atoms with E-state index in [1.54, 1.807) is 36.4 Å². The van der Waals surface area contributed by atoms with Gasteiger partial charge in [-0.2, -0.15) is 5.10 Å². The standard InChI is InChI=1S/C26H24N4O4/c31-24(27-20-10-5-2-6-11-20)18-34-22-13-7-12-21(16-22)28-26(33)23-14-15-25(32)30(29-23)17-19-8-3-1-4-9-19/h1-13,16H,14-15,17-18H2,(H,27,31)(H,28,33). The van der Waals surface area contributed by atoms with Gasteiger partial charge >= 0.3 is 0 Å². The summed E-state index contributed by atoms with van der Waals surface area (Å²) >= 11 is 0. The summed E-state index contributed by atoms with van der Waals surface area (Å²) in [7, 11) is 0. The molecule has 0 spiro atoms. The number of anilines is 2. The summed E-state index contributed by atoms with van der Waals surface area (Å²) in [4.78, 5) is 37.1. The average Bonchev–Trinajstić information content (AvgIpc) is 2.85. The Labute approximate surface area is 197 Å². The first-order chi connectivity index (χ1) is 16.6. The molecule has 2 N–H and O–H groups in total. The van der Waals surface area contributed by atoms with Crippen molar-refractivity contribution in [1.29, 1.82) is 0 Å². The third kappa shape index (κ3) is 6.29. The molecule has 1 aliphatic rings. The smallest absolute Gasteiger partial charge is 0.271 e. The van der Waals surface area contributed by atoms with Crippen molar-refractivity contribution in [1.82, 2.24) is 5.01 Å². The van der Waals surface area contributed by atoms with Crippen LogP contribution in [0.25, 0.3) is 0 Å². The first-order valence-electron chi connectivity index (χ1n) is 10.9. The zero-order valence-electron chi connectivity index (χ0n) is 18.4. The zero-order valence-corrected chi connectivity index (χ0v) is 18.4. The first-order valence-corrected chi connectivity index (χ1v) is 10.9. The molecule has 0 atom stereocenters. The van der Waals surface area contributed by atoms with Crippen LogP contribution in [0.5, 0.6) is 5.75 Å². The number of amides is 3. The molecule has 172 valence electrons. The number of benzene rings is 3. The van der Waals surface area contributed by atoms with E-state index in [9.17, 15) is 14.4 Å². The molecule has 0 aromatic heterocycles. The molecule has 0 unspecified atom stereocenters. The number of hydrogen-bond acceptors (Lipinski definition) is 5. The highest BCUT2D eigenvalue weighted by atomic mass is 16.5. The summed E-state index contributed by atoms with van der Waals surface area (Å²) in [6, 6.07) is 25.3. The van der Waals surface area contributed by atoms with E-state index in [1.807, 2.05) is 48.5 Å². The van der Waals surface area contributed by atoms with Gasteiger partial charge in [-0.1, -0.05) is 54.6 Å². The summed E-state index contributed by atoms with van der Waals surface area (Å²) < 4.78 is 5.56. The Morgan fingerprint density at radius 2 is 1.56 bits per heavy atom. The molecule has 0 radical (unpaired) electrons. The predicted octanol–water partition coefficient (Wildman–Crippen LogP) is 3.82. The van der Waals surface area contributed by atoms with Gasteiger partial charge in [0.1, 0.15) is 11.5 Å². The minimum absolute atomic E-state index is 0.121. The lowest BCUT2D eigenvalue weighted by Crippen LogP contribution is -2.36. The van der Waals surface area contributed by atoms with Crippen LogP contribution in [-0.2, 0) is 20.9 Å². The van der Waals surface area contributed by atoms with Crippen LogP contribution >= 0.6 is 0 Å². The molecule has 4 rings (SSSR count). The maximum atomic E-state index is 12.8. The van der Waals surface area contributed by atoms with Crippen molar-refractivity contribution in [2.45, 2.75) is 19.4 Å². The summed E-state index contributed by atoms with van der Waals surface area (Å²) in [6.45, 7) is 0.139. The number of hydrazone groups is 1. The predicted molar refractivity (Wildman–Crippen MR) is 129 cm³/mol. The molecule has 3 aromatic rings. The van der Waals surface area contributed by atoms with Crippen LogP contribution in [0.4, 0.5) is 11.4 Å². The van der Waals surface area contributed by atoms with Gasteiger partial charge < -0.3 is 15.4 Å². The Morgan fingerprint density at radius 3 is 2.32 bits per heavy atom. The Balaban J connectivity index is 1.34. The molecular weight excluding hydrogens is 432 g/mol. The lowest BCUT2D eigenvalue weighted by atomic mass is 10.1. The van der Waals surface area contributed by atoms with Crippen molar-refractivity contribution in [3.05, 3.63) is 90.5 Å². The Morgan fingerprint density at radius 1 is 0.853 bits per heavy atom. The van der Waals surface area contributed by atoms with Crippen molar-refractivity contribution < 1.29 is 19.1 Å². The first kappa shape index (κ1) is 22.7. The van der Waals surface area contributed by atoms with E-state index in [-0.39, 0.29) is 42.9 Å². The van der Waals surface area contributed by atoms with Crippen LogP contribution in [-0.4, -0.2) is 35.0 Å². The van der Waals surface area contributed by atoms with Crippen LogP contribution in [0, 0.1) is 0 Å². The molecule has 0 aliphatic carbocycles. The van der Waals surface area contributed by atoms with Gasteiger partial charge in [-0.3, -0.25) is 14.4 Å². The number of carbonyl (C=O) groups is 3. The molecule has 1 aliphatic heterocycles. The second-order valence-electron chi connectivity index (χ2n) is 7.67. The highest BCUT2D eigenvalue weighted by molar-refractivity contribution is 6.43. The minimum Gasteiger partial charge on any atom is -0.484 e. The monoisotopic (exact) mass is 456 g/mol. The zero-order chi connectivity index (χ0) is 23.8. The summed E-state index contributed by atoms with van der Waals surface area (Å²) in [5, 5.41) is 11.1. The second-order valence-corrected chi connectivity index (χ2v) is 7.67. The number of ether oxygens (including phenoxy) is 1. The summed E-state index contributed by atoms with van der Waals surface area (Å²) in [5.41, 5.74) is 2.40. The third-order valence-electron chi connectivity index (χ3n) is 5.06. The summed E-state index contributed by atoms with van der Waals surface area (Å²) in [6.07, 6.45) is 0.491. The molecule has 0 saturated carbocycles.